The van der Waals surface area contributed by atoms with Gasteiger partial charge in [0.2, 0.25) is 0 Å². The molecule has 1 N–H and O–H groups in total. The van der Waals surface area contributed by atoms with Gasteiger partial charge in [0.05, 0.1) is 12.2 Å². The Labute approximate surface area is 107 Å². The van der Waals surface area contributed by atoms with Gasteiger partial charge in [-0.15, -0.1) is 0 Å². The molecule has 3 rings (SSSR count). The zero-order chi connectivity index (χ0) is 12.4. The van der Waals surface area contributed by atoms with Crippen molar-refractivity contribution < 1.29 is 0 Å². The van der Waals surface area contributed by atoms with Gasteiger partial charge in [-0.25, -0.2) is 9.97 Å². The topological polar surface area (TPSA) is 50.7 Å². The molecule has 2 heterocycles. The molecule has 0 atom stereocenters. The Morgan fingerprint density at radius 2 is 2.11 bits per heavy atom. The number of anilines is 1. The lowest BCUT2D eigenvalue weighted by molar-refractivity contribution is 0.915. The Balaban J connectivity index is 1.67. The molecule has 2 aromatic rings. The Morgan fingerprint density at radius 1 is 1.22 bits per heavy atom. The molecule has 4 nitrogen and oxygen atoms in total. The number of hydrogen-bond acceptors (Lipinski definition) is 4. The summed E-state index contributed by atoms with van der Waals surface area (Å²) in [6.45, 7) is 2.70. The monoisotopic (exact) mass is 240 g/mol. The third-order valence-corrected chi connectivity index (χ3v) is 3.01. The van der Waals surface area contributed by atoms with Crippen molar-refractivity contribution in [3.8, 4) is 0 Å². The summed E-state index contributed by atoms with van der Waals surface area (Å²) in [4.78, 5) is 13.3. The van der Waals surface area contributed by atoms with Crippen LogP contribution in [0.15, 0.2) is 30.5 Å². The average molecular weight is 240 g/mol. The normalized spacial score (nSPS) is 14.5. The van der Waals surface area contributed by atoms with Crippen molar-refractivity contribution in [3.63, 3.8) is 0 Å². The van der Waals surface area contributed by atoms with Crippen LogP contribution in [0.1, 0.15) is 36.0 Å². The average Bonchev–Trinajstić information content (AvgIpc) is 3.21. The van der Waals surface area contributed by atoms with Crippen LogP contribution in [0.25, 0.3) is 0 Å². The molecular weight excluding hydrogens is 224 g/mol. The summed E-state index contributed by atoms with van der Waals surface area (Å²) in [6, 6.07) is 7.94. The van der Waals surface area contributed by atoms with Crippen molar-refractivity contribution in [2.24, 2.45) is 0 Å². The Bertz CT molecular complexity index is 549. The molecule has 1 aliphatic carbocycles. The van der Waals surface area contributed by atoms with E-state index in [-0.39, 0.29) is 0 Å². The molecule has 0 unspecified atom stereocenters. The first-order chi connectivity index (χ1) is 8.81. The number of aryl methyl sites for hydroxylation is 1. The molecule has 0 aromatic carbocycles. The fourth-order valence-electron chi connectivity index (χ4n) is 1.89. The van der Waals surface area contributed by atoms with E-state index in [1.165, 1.54) is 12.8 Å². The van der Waals surface area contributed by atoms with E-state index in [4.69, 9.17) is 0 Å². The second-order valence-electron chi connectivity index (χ2n) is 4.70. The zero-order valence-electron chi connectivity index (χ0n) is 10.4. The number of hydrogen-bond donors (Lipinski definition) is 1. The predicted molar refractivity (Wildman–Crippen MR) is 70.3 cm³/mol. The third-order valence-electron chi connectivity index (χ3n) is 3.01. The van der Waals surface area contributed by atoms with E-state index in [0.29, 0.717) is 12.5 Å². The summed E-state index contributed by atoms with van der Waals surface area (Å²) in [6.07, 6.45) is 4.28. The van der Waals surface area contributed by atoms with Crippen LogP contribution in [0.4, 0.5) is 5.82 Å². The lowest BCUT2D eigenvalue weighted by Gasteiger charge is -2.06. The molecule has 1 saturated carbocycles. The van der Waals surface area contributed by atoms with Crippen molar-refractivity contribution in [1.82, 2.24) is 15.0 Å². The van der Waals surface area contributed by atoms with Crippen LogP contribution < -0.4 is 5.32 Å². The summed E-state index contributed by atoms with van der Waals surface area (Å²) in [5.41, 5.74) is 2.07. The number of pyridine rings is 1. The largest absolute Gasteiger partial charge is 0.364 e. The highest BCUT2D eigenvalue weighted by molar-refractivity contribution is 5.34. The van der Waals surface area contributed by atoms with Crippen molar-refractivity contribution in [1.29, 1.82) is 0 Å². The van der Waals surface area contributed by atoms with E-state index in [1.54, 1.807) is 0 Å². The zero-order valence-corrected chi connectivity index (χ0v) is 10.4. The van der Waals surface area contributed by atoms with Gasteiger partial charge in [0, 0.05) is 17.8 Å². The Morgan fingerprint density at radius 3 is 2.89 bits per heavy atom. The minimum Gasteiger partial charge on any atom is -0.364 e. The maximum absolute atomic E-state index is 4.52. The first-order valence-corrected chi connectivity index (χ1v) is 6.30. The van der Waals surface area contributed by atoms with Crippen LogP contribution in [0.2, 0.25) is 0 Å². The Kier molecular flexibility index (Phi) is 2.92. The van der Waals surface area contributed by atoms with Crippen LogP contribution in [0.3, 0.4) is 0 Å². The maximum Gasteiger partial charge on any atom is 0.133 e. The second-order valence-corrected chi connectivity index (χ2v) is 4.70. The van der Waals surface area contributed by atoms with Gasteiger partial charge < -0.3 is 5.32 Å². The van der Waals surface area contributed by atoms with Gasteiger partial charge in [-0.3, -0.25) is 4.98 Å². The molecule has 0 amide bonds. The van der Waals surface area contributed by atoms with Gasteiger partial charge in [0.25, 0.3) is 0 Å². The molecule has 2 aromatic heterocycles. The van der Waals surface area contributed by atoms with E-state index < -0.39 is 0 Å². The number of rotatable bonds is 4. The van der Waals surface area contributed by atoms with E-state index >= 15 is 0 Å². The van der Waals surface area contributed by atoms with Gasteiger partial charge in [-0.05, 0) is 38.0 Å². The van der Waals surface area contributed by atoms with Crippen LogP contribution in [-0.4, -0.2) is 15.0 Å². The van der Waals surface area contributed by atoms with E-state index in [9.17, 15) is 0 Å². The molecule has 0 radical (unpaired) electrons. The summed E-state index contributed by atoms with van der Waals surface area (Å²) < 4.78 is 0. The lowest BCUT2D eigenvalue weighted by Crippen LogP contribution is -2.05. The van der Waals surface area contributed by atoms with Gasteiger partial charge in [-0.1, -0.05) is 6.07 Å². The van der Waals surface area contributed by atoms with Crippen LogP contribution in [0, 0.1) is 6.92 Å². The van der Waals surface area contributed by atoms with Crippen molar-refractivity contribution in [2.45, 2.75) is 32.2 Å². The smallest absolute Gasteiger partial charge is 0.133 e. The lowest BCUT2D eigenvalue weighted by atomic mass is 10.3. The first kappa shape index (κ1) is 11.1. The quantitative estimate of drug-likeness (QED) is 0.892. The van der Waals surface area contributed by atoms with Crippen molar-refractivity contribution >= 4 is 5.82 Å². The Hall–Kier alpha value is -1.97. The maximum atomic E-state index is 4.52. The van der Waals surface area contributed by atoms with Crippen molar-refractivity contribution in [2.75, 3.05) is 5.32 Å². The molecule has 0 saturated heterocycles. The van der Waals surface area contributed by atoms with Gasteiger partial charge in [0.1, 0.15) is 11.6 Å². The van der Waals surface area contributed by atoms with E-state index in [2.05, 4.69) is 20.3 Å². The fraction of sp³-hybridized carbons (Fsp3) is 0.357. The highest BCUT2D eigenvalue weighted by Gasteiger charge is 2.26. The van der Waals surface area contributed by atoms with E-state index in [1.807, 2.05) is 37.4 Å². The summed E-state index contributed by atoms with van der Waals surface area (Å²) >= 11 is 0. The summed E-state index contributed by atoms with van der Waals surface area (Å²) in [5.74, 6) is 2.44. The summed E-state index contributed by atoms with van der Waals surface area (Å²) in [7, 11) is 0. The third kappa shape index (κ3) is 2.64. The molecule has 0 spiro atoms. The highest BCUT2D eigenvalue weighted by Crippen LogP contribution is 2.37. The molecule has 1 aliphatic rings. The van der Waals surface area contributed by atoms with Gasteiger partial charge in [-0.2, -0.15) is 0 Å². The molecule has 1 fully saturated rings. The highest BCUT2D eigenvalue weighted by atomic mass is 15.0. The van der Waals surface area contributed by atoms with Crippen LogP contribution >= 0.6 is 0 Å². The van der Waals surface area contributed by atoms with Gasteiger partial charge in [0.15, 0.2) is 0 Å². The number of aromatic nitrogens is 3. The van der Waals surface area contributed by atoms with Crippen LogP contribution in [0.5, 0.6) is 0 Å². The minimum atomic E-state index is 0.587. The second kappa shape index (κ2) is 4.72. The fourth-order valence-corrected chi connectivity index (χ4v) is 1.89. The summed E-state index contributed by atoms with van der Waals surface area (Å²) in [5, 5.41) is 3.30. The molecule has 0 aliphatic heterocycles. The molecule has 92 valence electrons. The standard InChI is InChI=1S/C14H16N4/c1-10-3-2-4-12(17-10)9-16-13-7-8-15-14(18-13)11-5-6-11/h2-4,7-8,11H,5-6,9H2,1H3,(H,15,16,18). The number of nitrogens with zero attached hydrogens (tertiary/aromatic N) is 3. The van der Waals surface area contributed by atoms with Crippen molar-refractivity contribution in [3.05, 3.63) is 47.7 Å². The SMILES string of the molecule is Cc1cccc(CNc2ccnc(C3CC3)n2)n1. The number of nitrogens with one attached hydrogen (secondary N) is 1. The molecule has 0 bridgehead atoms. The van der Waals surface area contributed by atoms with Gasteiger partial charge >= 0.3 is 0 Å². The van der Waals surface area contributed by atoms with E-state index in [0.717, 1.165) is 23.0 Å². The minimum absolute atomic E-state index is 0.587. The molecule has 4 heteroatoms. The predicted octanol–water partition coefficient (Wildman–Crippen LogP) is 2.67. The van der Waals surface area contributed by atoms with Crippen LogP contribution in [-0.2, 0) is 6.54 Å². The molecule has 18 heavy (non-hydrogen) atoms. The first-order valence-electron chi connectivity index (χ1n) is 6.30. The molecular formula is C14H16N4.